The van der Waals surface area contributed by atoms with E-state index in [2.05, 4.69) is 5.32 Å². The van der Waals surface area contributed by atoms with E-state index in [4.69, 9.17) is 27.6 Å². The first-order valence-corrected chi connectivity index (χ1v) is 8.32. The zero-order valence-electron chi connectivity index (χ0n) is 11.7. The van der Waals surface area contributed by atoms with Crippen LogP contribution in [0.1, 0.15) is 5.76 Å². The van der Waals surface area contributed by atoms with Crippen LogP contribution in [0.2, 0.25) is 10.0 Å². The van der Waals surface area contributed by atoms with Crippen molar-refractivity contribution in [3.8, 4) is 0 Å². The Kier molecular flexibility index (Phi) is 4.66. The van der Waals surface area contributed by atoms with E-state index in [1.165, 1.54) is 24.3 Å². The maximum absolute atomic E-state index is 12.6. The first-order valence-electron chi connectivity index (χ1n) is 6.48. The Morgan fingerprint density at radius 1 is 1.08 bits per heavy atom. The number of anilines is 1. The molecule has 2 aromatic rings. The molecule has 3 rings (SSSR count). The first kappa shape index (κ1) is 17.0. The fraction of sp³-hybridized carbons (Fsp3) is 0. The second kappa shape index (κ2) is 6.58. The lowest BCUT2D eigenvalue weighted by atomic mass is 10.1. The molecule has 0 bridgehead atoms. The molecule has 1 aromatic heterocycles. The summed E-state index contributed by atoms with van der Waals surface area (Å²) in [6.45, 7) is 0. The van der Waals surface area contributed by atoms with Crippen LogP contribution < -0.4 is 10.2 Å². The molecule has 0 radical (unpaired) electrons. The average molecular weight is 477 g/mol. The van der Waals surface area contributed by atoms with Gasteiger partial charge in [0, 0.05) is 0 Å². The van der Waals surface area contributed by atoms with E-state index in [1.807, 2.05) is 22.6 Å². The summed E-state index contributed by atoms with van der Waals surface area (Å²) in [6, 6.07) is 6.69. The molecule has 0 unspecified atom stereocenters. The number of urea groups is 1. The third-order valence-electron chi connectivity index (χ3n) is 3.14. The lowest BCUT2D eigenvalue weighted by Crippen LogP contribution is -2.54. The van der Waals surface area contributed by atoms with Gasteiger partial charge in [0.25, 0.3) is 11.8 Å². The molecule has 9 heteroatoms. The van der Waals surface area contributed by atoms with Gasteiger partial charge in [0.05, 0.1) is 15.7 Å². The fourth-order valence-corrected chi connectivity index (χ4v) is 2.79. The summed E-state index contributed by atoms with van der Waals surface area (Å²) in [6.07, 6.45) is 1.27. The van der Waals surface area contributed by atoms with E-state index in [-0.39, 0.29) is 21.3 Å². The van der Waals surface area contributed by atoms with Gasteiger partial charge in [0.2, 0.25) is 0 Å². The van der Waals surface area contributed by atoms with Crippen molar-refractivity contribution in [3.63, 3.8) is 0 Å². The Morgan fingerprint density at radius 3 is 2.46 bits per heavy atom. The van der Waals surface area contributed by atoms with Crippen LogP contribution in [-0.2, 0) is 9.59 Å². The number of hydrogen-bond donors (Lipinski definition) is 1. The molecule has 1 aliphatic rings. The molecular formula is C15H7Cl2IN2O4. The third-order valence-corrected chi connectivity index (χ3v) is 4.46. The maximum Gasteiger partial charge on any atom is 0.335 e. The Morgan fingerprint density at radius 2 is 1.83 bits per heavy atom. The van der Waals surface area contributed by atoms with Crippen molar-refractivity contribution in [2.24, 2.45) is 0 Å². The quantitative estimate of drug-likeness (QED) is 0.405. The SMILES string of the molecule is O=C1NC(=O)N(c2ccc(Cl)c(Cl)c2)C(=O)/C1=C/c1ccc(I)o1. The largest absolute Gasteiger partial charge is 0.451 e. The summed E-state index contributed by atoms with van der Waals surface area (Å²) in [7, 11) is 0. The zero-order valence-corrected chi connectivity index (χ0v) is 15.3. The van der Waals surface area contributed by atoms with Gasteiger partial charge < -0.3 is 4.42 Å². The summed E-state index contributed by atoms with van der Waals surface area (Å²) in [5.74, 6) is -1.26. The van der Waals surface area contributed by atoms with E-state index in [9.17, 15) is 14.4 Å². The minimum absolute atomic E-state index is 0.179. The lowest BCUT2D eigenvalue weighted by molar-refractivity contribution is -0.122. The lowest BCUT2D eigenvalue weighted by Gasteiger charge is -2.26. The van der Waals surface area contributed by atoms with Crippen molar-refractivity contribution in [3.05, 3.63) is 55.5 Å². The molecule has 122 valence electrons. The van der Waals surface area contributed by atoms with Crippen molar-refractivity contribution in [1.82, 2.24) is 5.32 Å². The molecule has 1 fully saturated rings. The number of hydrogen-bond acceptors (Lipinski definition) is 4. The highest BCUT2D eigenvalue weighted by molar-refractivity contribution is 14.1. The standard InChI is InChI=1S/C15H7Cl2IN2O4/c16-10-3-1-7(5-11(10)17)20-14(22)9(13(21)19-15(20)23)6-8-2-4-12(18)24-8/h1-6H,(H,19,21,23)/b9-6+. The van der Waals surface area contributed by atoms with Gasteiger partial charge in [0.1, 0.15) is 11.3 Å². The van der Waals surface area contributed by atoms with Crippen LogP contribution >= 0.6 is 45.8 Å². The number of imide groups is 2. The van der Waals surface area contributed by atoms with Gasteiger partial charge in [-0.15, -0.1) is 0 Å². The van der Waals surface area contributed by atoms with Crippen LogP contribution in [-0.4, -0.2) is 17.8 Å². The molecule has 6 nitrogen and oxygen atoms in total. The number of barbiturate groups is 1. The molecule has 0 atom stereocenters. The normalized spacial score (nSPS) is 16.7. The predicted molar refractivity (Wildman–Crippen MR) is 96.9 cm³/mol. The van der Waals surface area contributed by atoms with E-state index < -0.39 is 17.8 Å². The molecule has 2 heterocycles. The third kappa shape index (κ3) is 3.19. The molecular weight excluding hydrogens is 470 g/mol. The van der Waals surface area contributed by atoms with Crippen LogP contribution in [0.5, 0.6) is 0 Å². The number of carbonyl (C=O) groups excluding carboxylic acids is 3. The van der Waals surface area contributed by atoms with E-state index >= 15 is 0 Å². The topological polar surface area (TPSA) is 79.6 Å². The molecule has 1 aliphatic heterocycles. The number of amides is 4. The monoisotopic (exact) mass is 476 g/mol. The number of furan rings is 1. The van der Waals surface area contributed by atoms with Crippen molar-refractivity contribution in [1.29, 1.82) is 0 Å². The second-order valence-corrected chi connectivity index (χ2v) is 6.58. The van der Waals surface area contributed by atoms with Crippen molar-refractivity contribution in [2.75, 3.05) is 4.90 Å². The summed E-state index contributed by atoms with van der Waals surface area (Å²) >= 11 is 13.7. The van der Waals surface area contributed by atoms with E-state index in [0.29, 0.717) is 9.53 Å². The minimum Gasteiger partial charge on any atom is -0.451 e. The fourth-order valence-electron chi connectivity index (χ4n) is 2.06. The number of rotatable bonds is 2. The van der Waals surface area contributed by atoms with Gasteiger partial charge in [-0.2, -0.15) is 0 Å². The number of halogens is 3. The highest BCUT2D eigenvalue weighted by Gasteiger charge is 2.37. The van der Waals surface area contributed by atoms with E-state index in [0.717, 1.165) is 4.90 Å². The van der Waals surface area contributed by atoms with Crippen molar-refractivity contribution < 1.29 is 18.8 Å². The van der Waals surface area contributed by atoms with Gasteiger partial charge in [-0.25, -0.2) is 9.69 Å². The van der Waals surface area contributed by atoms with Gasteiger partial charge in [-0.3, -0.25) is 14.9 Å². The number of nitrogens with one attached hydrogen (secondary N) is 1. The molecule has 4 amide bonds. The van der Waals surface area contributed by atoms with Crippen LogP contribution in [0.3, 0.4) is 0 Å². The van der Waals surface area contributed by atoms with Gasteiger partial charge in [-0.05, 0) is 59.0 Å². The van der Waals surface area contributed by atoms with Crippen molar-refractivity contribution >= 4 is 75.4 Å². The van der Waals surface area contributed by atoms with Gasteiger partial charge in [0.15, 0.2) is 3.77 Å². The molecule has 1 N–H and O–H groups in total. The average Bonchev–Trinajstić information content (AvgIpc) is 2.92. The van der Waals surface area contributed by atoms with Crippen LogP contribution in [0.25, 0.3) is 6.08 Å². The Hall–Kier alpha value is -1.84. The zero-order chi connectivity index (χ0) is 17.4. The molecule has 0 saturated carbocycles. The number of nitrogens with zero attached hydrogens (tertiary/aromatic N) is 1. The van der Waals surface area contributed by atoms with Crippen molar-refractivity contribution in [2.45, 2.75) is 0 Å². The number of carbonyl (C=O) groups is 3. The van der Waals surface area contributed by atoms with Gasteiger partial charge in [-0.1, -0.05) is 23.2 Å². The Bertz CT molecular complexity index is 907. The van der Waals surface area contributed by atoms with E-state index in [1.54, 1.807) is 12.1 Å². The second-order valence-electron chi connectivity index (χ2n) is 4.70. The van der Waals surface area contributed by atoms with Crippen LogP contribution in [0, 0.1) is 3.77 Å². The molecule has 24 heavy (non-hydrogen) atoms. The molecule has 1 aromatic carbocycles. The maximum atomic E-state index is 12.6. The molecule has 0 aliphatic carbocycles. The summed E-state index contributed by atoms with van der Waals surface area (Å²) in [5, 5.41) is 2.57. The first-order chi connectivity index (χ1) is 11.4. The number of benzene rings is 1. The molecule has 1 saturated heterocycles. The smallest absolute Gasteiger partial charge is 0.335 e. The highest BCUT2D eigenvalue weighted by atomic mass is 127. The minimum atomic E-state index is -0.866. The highest BCUT2D eigenvalue weighted by Crippen LogP contribution is 2.29. The van der Waals surface area contributed by atoms with Gasteiger partial charge >= 0.3 is 6.03 Å². The Labute approximate surface area is 159 Å². The summed E-state index contributed by atoms with van der Waals surface area (Å²) in [4.78, 5) is 37.5. The molecule has 0 spiro atoms. The van der Waals surface area contributed by atoms with Crippen LogP contribution in [0.4, 0.5) is 10.5 Å². The van der Waals surface area contributed by atoms with Crippen LogP contribution in [0.15, 0.2) is 40.3 Å². The Balaban J connectivity index is 2.02. The summed E-state index contributed by atoms with van der Waals surface area (Å²) in [5.41, 5.74) is -0.0363. The predicted octanol–water partition coefficient (Wildman–Crippen LogP) is 3.86. The summed E-state index contributed by atoms with van der Waals surface area (Å²) < 4.78 is 5.92.